The average molecular weight is 422 g/mol. The molecule has 0 unspecified atom stereocenters. The van der Waals surface area contributed by atoms with E-state index in [9.17, 15) is 9.59 Å². The van der Waals surface area contributed by atoms with Gasteiger partial charge < -0.3 is 15.0 Å². The van der Waals surface area contributed by atoms with Crippen LogP contribution in [-0.4, -0.2) is 34.8 Å². The van der Waals surface area contributed by atoms with Gasteiger partial charge in [0.15, 0.2) is 5.13 Å². The molecule has 0 bridgehead atoms. The van der Waals surface area contributed by atoms with Crippen molar-refractivity contribution in [3.63, 3.8) is 0 Å². The van der Waals surface area contributed by atoms with Crippen LogP contribution in [0.15, 0.2) is 36.4 Å². The molecule has 0 saturated heterocycles. The lowest BCUT2D eigenvalue weighted by atomic mass is 10.0. The third-order valence-electron chi connectivity index (χ3n) is 5.60. The van der Waals surface area contributed by atoms with Crippen LogP contribution in [0.3, 0.4) is 0 Å². The Morgan fingerprint density at radius 3 is 2.87 bits per heavy atom. The van der Waals surface area contributed by atoms with Crippen LogP contribution in [0.4, 0.5) is 5.13 Å². The Morgan fingerprint density at radius 1 is 1.23 bits per heavy atom. The Morgan fingerprint density at radius 2 is 2.07 bits per heavy atom. The summed E-state index contributed by atoms with van der Waals surface area (Å²) in [5.41, 5.74) is 1.60. The molecule has 1 aliphatic heterocycles. The highest BCUT2D eigenvalue weighted by molar-refractivity contribution is 7.15. The summed E-state index contributed by atoms with van der Waals surface area (Å²) in [6.07, 6.45) is 2.62. The van der Waals surface area contributed by atoms with Gasteiger partial charge in [-0.1, -0.05) is 41.7 Å². The second-order valence-electron chi connectivity index (χ2n) is 7.72. The van der Waals surface area contributed by atoms with Gasteiger partial charge in [-0.3, -0.25) is 9.59 Å². The number of hydrogen-bond acceptors (Lipinski definition) is 5. The smallest absolute Gasteiger partial charge is 0.258 e. The fourth-order valence-electron chi connectivity index (χ4n) is 3.88. The van der Waals surface area contributed by atoms with Crippen molar-refractivity contribution >= 4 is 39.1 Å². The van der Waals surface area contributed by atoms with Crippen molar-refractivity contribution in [3.05, 3.63) is 52.5 Å². The van der Waals surface area contributed by atoms with E-state index in [1.54, 1.807) is 0 Å². The Hall–Kier alpha value is -2.93. The van der Waals surface area contributed by atoms with Crippen molar-refractivity contribution in [1.82, 2.24) is 9.88 Å². The van der Waals surface area contributed by atoms with E-state index in [0.29, 0.717) is 42.6 Å². The maximum absolute atomic E-state index is 13.6. The number of ether oxygens (including phenoxy) is 1. The molecule has 1 N–H and O–H groups in total. The van der Waals surface area contributed by atoms with E-state index >= 15 is 0 Å². The van der Waals surface area contributed by atoms with Crippen LogP contribution in [0.1, 0.15) is 40.7 Å². The molecule has 1 aromatic heterocycles. The molecule has 2 heterocycles. The molecule has 1 aliphatic carbocycles. The van der Waals surface area contributed by atoms with Crippen molar-refractivity contribution in [2.24, 2.45) is 5.92 Å². The highest BCUT2D eigenvalue weighted by atomic mass is 32.1. The van der Waals surface area contributed by atoms with E-state index in [1.807, 2.05) is 48.2 Å². The summed E-state index contributed by atoms with van der Waals surface area (Å²) in [7, 11) is 0. The fraction of sp³-hybridized carbons (Fsp3) is 0.348. The topological polar surface area (TPSA) is 71.5 Å². The first-order valence-corrected chi connectivity index (χ1v) is 11.2. The molecule has 2 amide bonds. The highest BCUT2D eigenvalue weighted by Crippen LogP contribution is 2.35. The van der Waals surface area contributed by atoms with Crippen LogP contribution in [0.25, 0.3) is 10.8 Å². The zero-order chi connectivity index (χ0) is 20.7. The van der Waals surface area contributed by atoms with Gasteiger partial charge in [0.2, 0.25) is 5.91 Å². The number of amides is 2. The third-order valence-corrected chi connectivity index (χ3v) is 6.60. The number of thiazole rings is 1. The molecule has 30 heavy (non-hydrogen) atoms. The lowest BCUT2D eigenvalue weighted by molar-refractivity contribution is -0.117. The van der Waals surface area contributed by atoms with Gasteiger partial charge in [0.05, 0.1) is 24.4 Å². The monoisotopic (exact) mass is 421 g/mol. The van der Waals surface area contributed by atoms with Crippen LogP contribution in [0, 0.1) is 5.92 Å². The van der Waals surface area contributed by atoms with Crippen LogP contribution < -0.4 is 10.1 Å². The number of fused-ring (bicyclic) bond motifs is 2. The molecular weight excluding hydrogens is 398 g/mol. The molecule has 2 aromatic carbocycles. The van der Waals surface area contributed by atoms with E-state index in [-0.39, 0.29) is 17.7 Å². The Balaban J connectivity index is 1.42. The average Bonchev–Trinajstić information content (AvgIpc) is 3.53. The maximum atomic E-state index is 13.6. The van der Waals surface area contributed by atoms with Gasteiger partial charge in [-0.15, -0.1) is 0 Å². The maximum Gasteiger partial charge on any atom is 0.258 e. The molecule has 5 rings (SSSR count). The normalized spacial score (nSPS) is 15.7. The minimum atomic E-state index is -0.0298. The molecular formula is C23H23N3O3S. The second-order valence-corrected chi connectivity index (χ2v) is 8.81. The van der Waals surface area contributed by atoms with Crippen molar-refractivity contribution < 1.29 is 14.3 Å². The lowest BCUT2D eigenvalue weighted by Gasteiger charge is -2.27. The molecule has 6 nitrogen and oxygen atoms in total. The summed E-state index contributed by atoms with van der Waals surface area (Å²) in [4.78, 5) is 33.1. The quantitative estimate of drug-likeness (QED) is 0.669. The number of carbonyl (C=O) groups excluding carboxylic acids is 2. The molecule has 0 radical (unpaired) electrons. The Kier molecular flexibility index (Phi) is 4.90. The van der Waals surface area contributed by atoms with E-state index in [0.717, 1.165) is 34.2 Å². The number of nitrogens with zero attached hydrogens (tertiary/aromatic N) is 2. The van der Waals surface area contributed by atoms with Crippen molar-refractivity contribution in [2.45, 2.75) is 32.7 Å². The number of aromatic nitrogens is 1. The van der Waals surface area contributed by atoms with Crippen LogP contribution in [0.5, 0.6) is 5.75 Å². The first-order chi connectivity index (χ1) is 14.6. The van der Waals surface area contributed by atoms with E-state index in [4.69, 9.17) is 4.74 Å². The first kappa shape index (κ1) is 19.1. The fourth-order valence-corrected chi connectivity index (χ4v) is 4.91. The molecule has 154 valence electrons. The summed E-state index contributed by atoms with van der Waals surface area (Å²) in [6.45, 7) is 3.52. The minimum absolute atomic E-state index is 0.0298. The standard InChI is InChI=1S/C23H23N3O3S/c1-2-29-18-10-9-14-5-3-4-6-16(14)20(18)22(28)26-12-11-17-19(13-26)30-23(24-17)25-21(27)15-7-8-15/h3-6,9-10,15H,2,7-8,11-13H2,1H3,(H,24,25,27). The number of anilines is 1. The summed E-state index contributed by atoms with van der Waals surface area (Å²) >= 11 is 1.48. The highest BCUT2D eigenvalue weighted by Gasteiger charge is 2.32. The molecule has 1 fully saturated rings. The molecule has 2 aliphatic rings. The first-order valence-electron chi connectivity index (χ1n) is 10.4. The third kappa shape index (κ3) is 3.54. The minimum Gasteiger partial charge on any atom is -0.493 e. The van der Waals surface area contributed by atoms with Crippen molar-refractivity contribution in [3.8, 4) is 5.75 Å². The zero-order valence-electron chi connectivity index (χ0n) is 16.8. The van der Waals surface area contributed by atoms with Gasteiger partial charge in [0.1, 0.15) is 5.75 Å². The predicted molar refractivity (Wildman–Crippen MR) is 117 cm³/mol. The van der Waals surface area contributed by atoms with Crippen LogP contribution in [-0.2, 0) is 17.8 Å². The van der Waals surface area contributed by atoms with Gasteiger partial charge in [0, 0.05) is 23.8 Å². The molecule has 0 spiro atoms. The summed E-state index contributed by atoms with van der Waals surface area (Å²) in [5, 5.41) is 5.50. The molecule has 0 atom stereocenters. The predicted octanol–water partition coefficient (Wildman–Crippen LogP) is 4.24. The second kappa shape index (κ2) is 7.72. The van der Waals surface area contributed by atoms with Gasteiger partial charge in [-0.2, -0.15) is 0 Å². The summed E-state index contributed by atoms with van der Waals surface area (Å²) in [6, 6.07) is 11.8. The van der Waals surface area contributed by atoms with E-state index in [1.165, 1.54) is 11.3 Å². The van der Waals surface area contributed by atoms with E-state index < -0.39 is 0 Å². The lowest BCUT2D eigenvalue weighted by Crippen LogP contribution is -2.35. The molecule has 1 saturated carbocycles. The van der Waals surface area contributed by atoms with Crippen molar-refractivity contribution in [1.29, 1.82) is 0 Å². The Bertz CT molecular complexity index is 1140. The van der Waals surface area contributed by atoms with Crippen molar-refractivity contribution in [2.75, 3.05) is 18.5 Å². The number of carbonyl (C=O) groups is 2. The largest absolute Gasteiger partial charge is 0.493 e. The zero-order valence-corrected chi connectivity index (χ0v) is 17.6. The summed E-state index contributed by atoms with van der Waals surface area (Å²) in [5.74, 6) is 0.796. The Labute approximate surface area is 178 Å². The SMILES string of the molecule is CCOc1ccc2ccccc2c1C(=O)N1CCc2nc(NC(=O)C3CC3)sc2C1. The van der Waals surface area contributed by atoms with Gasteiger partial charge in [-0.25, -0.2) is 4.98 Å². The van der Waals surface area contributed by atoms with Crippen LogP contribution in [0.2, 0.25) is 0 Å². The molecule has 7 heteroatoms. The number of nitrogens with one attached hydrogen (secondary N) is 1. The number of hydrogen-bond donors (Lipinski definition) is 1. The molecule has 3 aromatic rings. The van der Waals surface area contributed by atoms with Gasteiger partial charge in [0.25, 0.3) is 5.91 Å². The number of benzene rings is 2. The number of rotatable bonds is 5. The van der Waals surface area contributed by atoms with Gasteiger partial charge in [-0.05, 0) is 36.6 Å². The van der Waals surface area contributed by atoms with Crippen LogP contribution >= 0.6 is 11.3 Å². The summed E-state index contributed by atoms with van der Waals surface area (Å²) < 4.78 is 5.80. The van der Waals surface area contributed by atoms with Gasteiger partial charge >= 0.3 is 0 Å². The van der Waals surface area contributed by atoms with E-state index in [2.05, 4.69) is 10.3 Å².